The van der Waals surface area contributed by atoms with E-state index in [-0.39, 0.29) is 17.4 Å². The first-order chi connectivity index (χ1) is 15.6. The molecule has 32 heavy (non-hydrogen) atoms. The van der Waals surface area contributed by atoms with Crippen molar-refractivity contribution in [2.75, 3.05) is 16.8 Å². The summed E-state index contributed by atoms with van der Waals surface area (Å²) in [6.07, 6.45) is 3.79. The van der Waals surface area contributed by atoms with Gasteiger partial charge < -0.3 is 4.90 Å². The molecule has 158 valence electrons. The molecule has 0 atom stereocenters. The van der Waals surface area contributed by atoms with Crippen molar-refractivity contribution in [2.24, 2.45) is 0 Å². The molecule has 2 aromatic carbocycles. The van der Waals surface area contributed by atoms with E-state index in [2.05, 4.69) is 15.3 Å². The zero-order valence-electron chi connectivity index (χ0n) is 16.8. The highest BCUT2D eigenvalue weighted by Gasteiger charge is 2.27. The quantitative estimate of drug-likeness (QED) is 0.491. The van der Waals surface area contributed by atoms with E-state index in [1.807, 2.05) is 23.6 Å². The van der Waals surface area contributed by atoms with Crippen molar-refractivity contribution in [3.8, 4) is 11.3 Å². The van der Waals surface area contributed by atoms with Gasteiger partial charge in [0.15, 0.2) is 5.13 Å². The molecule has 6 nitrogen and oxygen atoms in total. The van der Waals surface area contributed by atoms with Crippen LogP contribution in [0.1, 0.15) is 26.3 Å². The summed E-state index contributed by atoms with van der Waals surface area (Å²) in [6, 6.07) is 15.1. The third-order valence-electron chi connectivity index (χ3n) is 5.27. The molecule has 1 aliphatic rings. The van der Waals surface area contributed by atoms with Crippen molar-refractivity contribution in [3.63, 3.8) is 0 Å². The summed E-state index contributed by atoms with van der Waals surface area (Å²) >= 11 is 1.34. The smallest absolute Gasteiger partial charge is 0.261 e. The number of fused-ring (bicyclic) bond motifs is 1. The van der Waals surface area contributed by atoms with Gasteiger partial charge in [0.1, 0.15) is 5.82 Å². The lowest BCUT2D eigenvalue weighted by atomic mass is 10.1. The van der Waals surface area contributed by atoms with Crippen LogP contribution in [-0.4, -0.2) is 28.3 Å². The van der Waals surface area contributed by atoms with Crippen molar-refractivity contribution in [2.45, 2.75) is 6.42 Å². The Morgan fingerprint density at radius 3 is 2.78 bits per heavy atom. The van der Waals surface area contributed by atoms with E-state index in [1.165, 1.54) is 29.7 Å². The minimum atomic E-state index is -0.522. The fraction of sp³-hybridized carbons (Fsp3) is 0.0833. The number of pyridine rings is 1. The van der Waals surface area contributed by atoms with E-state index in [0.717, 1.165) is 22.5 Å². The van der Waals surface area contributed by atoms with Crippen molar-refractivity contribution in [1.29, 1.82) is 0 Å². The van der Waals surface area contributed by atoms with E-state index >= 15 is 0 Å². The maximum atomic E-state index is 14.1. The fourth-order valence-corrected chi connectivity index (χ4v) is 4.40. The number of nitrogens with zero attached hydrogens (tertiary/aromatic N) is 3. The Morgan fingerprint density at radius 1 is 1.09 bits per heavy atom. The van der Waals surface area contributed by atoms with E-state index < -0.39 is 5.82 Å². The predicted molar refractivity (Wildman–Crippen MR) is 122 cm³/mol. The number of thiazole rings is 1. The number of rotatable bonds is 4. The number of amides is 2. The lowest BCUT2D eigenvalue weighted by Crippen LogP contribution is -2.29. The van der Waals surface area contributed by atoms with Crippen LogP contribution in [-0.2, 0) is 6.42 Å². The number of anilines is 2. The average molecular weight is 444 g/mol. The van der Waals surface area contributed by atoms with Crippen LogP contribution in [0.4, 0.5) is 15.2 Å². The molecular weight excluding hydrogens is 427 g/mol. The van der Waals surface area contributed by atoms with Crippen LogP contribution in [0.3, 0.4) is 0 Å². The van der Waals surface area contributed by atoms with Crippen LogP contribution in [0.15, 0.2) is 72.4 Å². The van der Waals surface area contributed by atoms with Gasteiger partial charge in [-0.05, 0) is 48.4 Å². The van der Waals surface area contributed by atoms with E-state index in [1.54, 1.807) is 35.4 Å². The number of hydrogen-bond donors (Lipinski definition) is 1. The second kappa shape index (κ2) is 8.32. The van der Waals surface area contributed by atoms with Gasteiger partial charge in [0, 0.05) is 35.6 Å². The molecule has 0 spiro atoms. The Morgan fingerprint density at radius 2 is 1.97 bits per heavy atom. The fourth-order valence-electron chi connectivity index (χ4n) is 3.68. The molecule has 2 amide bonds. The molecule has 1 N–H and O–H groups in total. The first-order valence-electron chi connectivity index (χ1n) is 9.97. The first-order valence-corrected chi connectivity index (χ1v) is 10.8. The molecule has 0 radical (unpaired) electrons. The summed E-state index contributed by atoms with van der Waals surface area (Å²) in [4.78, 5) is 35.2. The number of nitrogens with one attached hydrogen (secondary N) is 1. The minimum absolute atomic E-state index is 0.0675. The SMILES string of the molecule is O=C(Nc1nc(-c2ccc3c(c2)CCN3C(=O)c2ccccc2F)cs1)c1cccnc1. The molecule has 0 aliphatic carbocycles. The molecule has 3 heterocycles. The van der Waals surface area contributed by atoms with Crippen molar-refractivity contribution >= 4 is 34.0 Å². The Bertz CT molecular complexity index is 1320. The van der Waals surface area contributed by atoms with Crippen LogP contribution in [0.5, 0.6) is 0 Å². The molecule has 4 aromatic rings. The average Bonchev–Trinajstić information content (AvgIpc) is 3.46. The molecule has 0 unspecified atom stereocenters. The summed E-state index contributed by atoms with van der Waals surface area (Å²) < 4.78 is 14.1. The summed E-state index contributed by atoms with van der Waals surface area (Å²) in [6.45, 7) is 0.495. The van der Waals surface area contributed by atoms with Crippen LogP contribution in [0, 0.1) is 5.82 Å². The molecule has 0 saturated heterocycles. The summed E-state index contributed by atoms with van der Waals surface area (Å²) in [5.74, 6) is -1.13. The molecule has 0 saturated carbocycles. The second-order valence-corrected chi connectivity index (χ2v) is 8.12. The highest BCUT2D eigenvalue weighted by molar-refractivity contribution is 7.14. The van der Waals surface area contributed by atoms with Gasteiger partial charge in [-0.3, -0.25) is 19.9 Å². The maximum Gasteiger partial charge on any atom is 0.261 e. The van der Waals surface area contributed by atoms with Gasteiger partial charge in [0.05, 0.1) is 16.8 Å². The summed E-state index contributed by atoms with van der Waals surface area (Å²) in [5.41, 5.74) is 3.93. The van der Waals surface area contributed by atoms with E-state index in [9.17, 15) is 14.0 Å². The highest BCUT2D eigenvalue weighted by Crippen LogP contribution is 2.34. The van der Waals surface area contributed by atoms with Gasteiger partial charge in [-0.15, -0.1) is 11.3 Å². The Hall–Kier alpha value is -3.91. The lowest BCUT2D eigenvalue weighted by molar-refractivity contribution is 0.0984. The van der Waals surface area contributed by atoms with Gasteiger partial charge in [-0.25, -0.2) is 9.37 Å². The van der Waals surface area contributed by atoms with Gasteiger partial charge in [0.2, 0.25) is 0 Å². The predicted octanol–water partition coefficient (Wildman–Crippen LogP) is 4.80. The number of hydrogen-bond acceptors (Lipinski definition) is 5. The number of halogens is 1. The number of benzene rings is 2. The third kappa shape index (κ3) is 3.76. The van der Waals surface area contributed by atoms with E-state index in [0.29, 0.717) is 23.7 Å². The summed E-state index contributed by atoms with van der Waals surface area (Å²) in [7, 11) is 0. The van der Waals surface area contributed by atoms with Crippen LogP contribution in [0.25, 0.3) is 11.3 Å². The van der Waals surface area contributed by atoms with Crippen molar-refractivity contribution in [3.05, 3.63) is 94.9 Å². The molecule has 5 rings (SSSR count). The number of aromatic nitrogens is 2. The normalized spacial score (nSPS) is 12.5. The van der Waals surface area contributed by atoms with Gasteiger partial charge in [0.25, 0.3) is 11.8 Å². The summed E-state index contributed by atoms with van der Waals surface area (Å²) in [5, 5.41) is 5.15. The van der Waals surface area contributed by atoms with Crippen LogP contribution in [0.2, 0.25) is 0 Å². The molecule has 8 heteroatoms. The molecular formula is C24H17FN4O2S. The molecule has 2 aromatic heterocycles. The van der Waals surface area contributed by atoms with Crippen molar-refractivity contribution in [1.82, 2.24) is 9.97 Å². The monoisotopic (exact) mass is 444 g/mol. The number of carbonyl (C=O) groups is 2. The van der Waals surface area contributed by atoms with Crippen LogP contribution < -0.4 is 10.2 Å². The molecule has 1 aliphatic heterocycles. The Kier molecular flexibility index (Phi) is 5.20. The van der Waals surface area contributed by atoms with Gasteiger partial charge >= 0.3 is 0 Å². The third-order valence-corrected chi connectivity index (χ3v) is 6.03. The topological polar surface area (TPSA) is 75.2 Å². The Balaban J connectivity index is 1.35. The molecule has 0 bridgehead atoms. The number of carbonyl (C=O) groups excluding carboxylic acids is 2. The van der Waals surface area contributed by atoms with Crippen LogP contribution >= 0.6 is 11.3 Å². The minimum Gasteiger partial charge on any atom is -0.308 e. The first kappa shape index (κ1) is 20.0. The van der Waals surface area contributed by atoms with Gasteiger partial charge in [-0.2, -0.15) is 0 Å². The second-order valence-electron chi connectivity index (χ2n) is 7.26. The Labute approximate surface area is 187 Å². The zero-order chi connectivity index (χ0) is 22.1. The molecule has 0 fully saturated rings. The lowest BCUT2D eigenvalue weighted by Gasteiger charge is -2.18. The highest BCUT2D eigenvalue weighted by atomic mass is 32.1. The van der Waals surface area contributed by atoms with Crippen molar-refractivity contribution < 1.29 is 14.0 Å². The van der Waals surface area contributed by atoms with Gasteiger partial charge in [-0.1, -0.05) is 18.2 Å². The maximum absolute atomic E-state index is 14.1. The van der Waals surface area contributed by atoms with E-state index in [4.69, 9.17) is 0 Å². The zero-order valence-corrected chi connectivity index (χ0v) is 17.6. The largest absolute Gasteiger partial charge is 0.308 e. The standard InChI is InChI=1S/C24H17FN4O2S/c25-19-6-2-1-5-18(19)23(31)29-11-9-16-12-15(7-8-21(16)29)20-14-32-24(27-20)28-22(30)17-4-3-10-26-13-17/h1-8,10,12-14H,9,11H2,(H,27,28,30).